The minimum atomic E-state index is 0.588. The van der Waals surface area contributed by atoms with Crippen molar-refractivity contribution in [3.8, 4) is 0 Å². The van der Waals surface area contributed by atoms with Gasteiger partial charge in [-0.2, -0.15) is 0 Å². The van der Waals surface area contributed by atoms with Gasteiger partial charge in [0.15, 0.2) is 0 Å². The molecule has 0 aliphatic rings. The largest absolute Gasteiger partial charge is 0.390 e. The van der Waals surface area contributed by atoms with Crippen LogP contribution in [0.2, 0.25) is 0 Å². The molecule has 0 unspecified atom stereocenters. The molecule has 13 heavy (non-hydrogen) atoms. The number of rotatable bonds is 5. The second-order valence-corrected chi connectivity index (χ2v) is 3.25. The van der Waals surface area contributed by atoms with Crippen LogP contribution in [0.4, 0.5) is 0 Å². The summed E-state index contributed by atoms with van der Waals surface area (Å²) in [5, 5.41) is 3.10. The molecule has 0 aliphatic heterocycles. The average Bonchev–Trinajstić information content (AvgIpc) is 2.08. The van der Waals surface area contributed by atoms with Crippen LogP contribution in [-0.2, 0) is 0 Å². The van der Waals surface area contributed by atoms with Gasteiger partial charge in [-0.1, -0.05) is 19.9 Å². The summed E-state index contributed by atoms with van der Waals surface area (Å²) in [6.07, 6.45) is 7.83. The summed E-state index contributed by atoms with van der Waals surface area (Å²) in [5.41, 5.74) is 0.996. The van der Waals surface area contributed by atoms with Crippen molar-refractivity contribution in [2.24, 2.45) is 10.9 Å². The summed E-state index contributed by atoms with van der Waals surface area (Å²) >= 11 is 0. The van der Waals surface area contributed by atoms with E-state index in [1.165, 1.54) is 0 Å². The van der Waals surface area contributed by atoms with Gasteiger partial charge in [0.1, 0.15) is 0 Å². The molecule has 0 saturated carbocycles. The first kappa shape index (κ1) is 11.9. The number of aliphatic imine (C=N–C) groups is 1. The third-order valence-corrected chi connectivity index (χ3v) is 1.38. The van der Waals surface area contributed by atoms with Crippen LogP contribution in [0.25, 0.3) is 0 Å². The van der Waals surface area contributed by atoms with Crippen LogP contribution < -0.4 is 5.32 Å². The average molecular weight is 180 g/mol. The van der Waals surface area contributed by atoms with Gasteiger partial charge >= 0.3 is 0 Å². The Labute approximate surface area is 81.5 Å². The first-order chi connectivity index (χ1) is 6.16. The molecule has 0 rings (SSSR count). The molecule has 0 spiro atoms. The summed E-state index contributed by atoms with van der Waals surface area (Å²) in [6, 6.07) is 0. The molecule has 0 amide bonds. The van der Waals surface area contributed by atoms with Crippen molar-refractivity contribution < 1.29 is 0 Å². The lowest BCUT2D eigenvalue weighted by molar-refractivity contribution is 0.833. The lowest BCUT2D eigenvalue weighted by atomic mass is 10.2. The Kier molecular flexibility index (Phi) is 6.98. The van der Waals surface area contributed by atoms with Crippen molar-refractivity contribution in [1.82, 2.24) is 5.32 Å². The molecule has 2 nitrogen and oxygen atoms in total. The van der Waals surface area contributed by atoms with Crippen LogP contribution in [0, 0.1) is 5.92 Å². The van der Waals surface area contributed by atoms with E-state index in [4.69, 9.17) is 0 Å². The Hall–Kier alpha value is -1.05. The third kappa shape index (κ3) is 8.86. The van der Waals surface area contributed by atoms with Crippen molar-refractivity contribution in [2.75, 3.05) is 6.54 Å². The van der Waals surface area contributed by atoms with Gasteiger partial charge in [0.05, 0.1) is 5.70 Å². The van der Waals surface area contributed by atoms with Crippen molar-refractivity contribution >= 4 is 6.21 Å². The highest BCUT2D eigenvalue weighted by Crippen LogP contribution is 1.93. The van der Waals surface area contributed by atoms with Crippen molar-refractivity contribution in [1.29, 1.82) is 0 Å². The van der Waals surface area contributed by atoms with Gasteiger partial charge in [-0.05, 0) is 25.8 Å². The minimum Gasteiger partial charge on any atom is -0.390 e. The van der Waals surface area contributed by atoms with E-state index < -0.39 is 0 Å². The van der Waals surface area contributed by atoms with E-state index in [1.807, 2.05) is 25.4 Å². The van der Waals surface area contributed by atoms with Gasteiger partial charge in [0.25, 0.3) is 0 Å². The number of hydrogen-bond donors (Lipinski definition) is 1. The first-order valence-electron chi connectivity index (χ1n) is 4.77. The zero-order valence-corrected chi connectivity index (χ0v) is 9.04. The maximum absolute atomic E-state index is 4.22. The molecule has 2 heteroatoms. The Morgan fingerprint density at radius 2 is 2.15 bits per heavy atom. The highest BCUT2D eigenvalue weighted by atomic mass is 14.9. The van der Waals surface area contributed by atoms with Crippen LogP contribution >= 0.6 is 0 Å². The summed E-state index contributed by atoms with van der Waals surface area (Å²) in [6.45, 7) is 9.26. The quantitative estimate of drug-likeness (QED) is 0.646. The zero-order chi connectivity index (χ0) is 10.1. The van der Waals surface area contributed by atoms with Gasteiger partial charge in [-0.25, -0.2) is 0 Å². The fourth-order valence-electron chi connectivity index (χ4n) is 0.720. The summed E-state index contributed by atoms with van der Waals surface area (Å²) in [7, 11) is 0. The fourth-order valence-corrected chi connectivity index (χ4v) is 0.720. The third-order valence-electron chi connectivity index (χ3n) is 1.38. The van der Waals surface area contributed by atoms with E-state index in [2.05, 4.69) is 37.2 Å². The van der Waals surface area contributed by atoms with Crippen molar-refractivity contribution in [3.05, 3.63) is 24.0 Å². The number of nitrogens with one attached hydrogen (secondary N) is 1. The minimum absolute atomic E-state index is 0.588. The molecule has 0 radical (unpaired) electrons. The van der Waals surface area contributed by atoms with E-state index in [-0.39, 0.29) is 0 Å². The van der Waals surface area contributed by atoms with Gasteiger partial charge in [0, 0.05) is 19.0 Å². The second kappa shape index (κ2) is 7.59. The van der Waals surface area contributed by atoms with Gasteiger partial charge in [-0.3, -0.25) is 4.99 Å². The molecule has 0 fully saturated rings. The first-order valence-corrected chi connectivity index (χ1v) is 4.77. The van der Waals surface area contributed by atoms with Crippen LogP contribution in [0.1, 0.15) is 27.7 Å². The molecule has 0 aliphatic carbocycles. The molecule has 0 bridgehead atoms. The predicted octanol–water partition coefficient (Wildman–Crippen LogP) is 2.74. The normalized spacial score (nSPS) is 13.5. The molecular weight excluding hydrogens is 160 g/mol. The van der Waals surface area contributed by atoms with E-state index in [0.717, 1.165) is 12.2 Å². The molecule has 74 valence electrons. The molecular formula is C11H20N2. The summed E-state index contributed by atoms with van der Waals surface area (Å²) < 4.78 is 0. The van der Waals surface area contributed by atoms with E-state index in [0.29, 0.717) is 5.92 Å². The van der Waals surface area contributed by atoms with Crippen molar-refractivity contribution in [3.63, 3.8) is 0 Å². The molecule has 0 heterocycles. The van der Waals surface area contributed by atoms with Gasteiger partial charge < -0.3 is 5.32 Å². The zero-order valence-electron chi connectivity index (χ0n) is 9.04. The SMILES string of the molecule is CCN\C=C(C)/N=C\C=C\C(C)C. The van der Waals surface area contributed by atoms with Gasteiger partial charge in [-0.15, -0.1) is 0 Å². The number of hydrogen-bond acceptors (Lipinski definition) is 2. The topological polar surface area (TPSA) is 24.4 Å². The predicted molar refractivity (Wildman–Crippen MR) is 59.9 cm³/mol. The highest BCUT2D eigenvalue weighted by Gasteiger charge is 1.81. The smallest absolute Gasteiger partial charge is 0.0528 e. The summed E-state index contributed by atoms with van der Waals surface area (Å²) in [5.74, 6) is 0.588. The second-order valence-electron chi connectivity index (χ2n) is 3.25. The standard InChI is InChI=1S/C11H20N2/c1-5-12-9-11(4)13-8-6-7-10(2)3/h6-10,12H,5H2,1-4H3/b7-6+,11-9-,13-8-. The Morgan fingerprint density at radius 1 is 1.46 bits per heavy atom. The lowest BCUT2D eigenvalue weighted by Crippen LogP contribution is -2.02. The molecule has 0 aromatic carbocycles. The van der Waals surface area contributed by atoms with E-state index >= 15 is 0 Å². The Morgan fingerprint density at radius 3 is 2.69 bits per heavy atom. The molecule has 0 atom stereocenters. The lowest BCUT2D eigenvalue weighted by Gasteiger charge is -1.94. The Balaban J connectivity index is 3.83. The maximum atomic E-state index is 4.22. The van der Waals surface area contributed by atoms with Crippen molar-refractivity contribution in [2.45, 2.75) is 27.7 Å². The molecule has 0 aromatic heterocycles. The maximum Gasteiger partial charge on any atom is 0.0528 e. The summed E-state index contributed by atoms with van der Waals surface area (Å²) in [4.78, 5) is 4.22. The van der Waals surface area contributed by atoms with Crippen LogP contribution in [0.3, 0.4) is 0 Å². The fraction of sp³-hybridized carbons (Fsp3) is 0.545. The number of nitrogens with zero attached hydrogens (tertiary/aromatic N) is 1. The number of allylic oxidation sites excluding steroid dienone is 3. The van der Waals surface area contributed by atoms with Crippen LogP contribution in [-0.4, -0.2) is 12.8 Å². The molecule has 0 aromatic rings. The van der Waals surface area contributed by atoms with Crippen LogP contribution in [0.15, 0.2) is 29.0 Å². The molecule has 0 saturated heterocycles. The monoisotopic (exact) mass is 180 g/mol. The van der Waals surface area contributed by atoms with E-state index in [9.17, 15) is 0 Å². The molecule has 1 N–H and O–H groups in total. The Bertz CT molecular complexity index is 200. The van der Waals surface area contributed by atoms with E-state index in [1.54, 1.807) is 0 Å². The van der Waals surface area contributed by atoms with Crippen LogP contribution in [0.5, 0.6) is 0 Å². The highest BCUT2D eigenvalue weighted by molar-refractivity contribution is 5.72. The van der Waals surface area contributed by atoms with Gasteiger partial charge in [0.2, 0.25) is 0 Å².